The molecule has 0 fully saturated rings. The summed E-state index contributed by atoms with van der Waals surface area (Å²) in [6.45, 7) is 3.31. The third-order valence-electron chi connectivity index (χ3n) is 7.85. The minimum atomic E-state index is -1.00. The van der Waals surface area contributed by atoms with Crippen molar-refractivity contribution in [2.45, 2.75) is 135 Å². The van der Waals surface area contributed by atoms with Crippen molar-refractivity contribution in [1.29, 1.82) is 0 Å². The maximum absolute atomic E-state index is 11.6. The summed E-state index contributed by atoms with van der Waals surface area (Å²) in [4.78, 5) is 11.6. The first kappa shape index (κ1) is 35.3. The molecule has 236 valence electrons. The summed E-state index contributed by atoms with van der Waals surface area (Å²) in [6, 6.07) is 9.87. The van der Waals surface area contributed by atoms with Crippen molar-refractivity contribution in [2.24, 2.45) is 0 Å². The van der Waals surface area contributed by atoms with Crippen LogP contribution < -0.4 is 9.47 Å². The monoisotopic (exact) mass is 584 g/mol. The standard InChI is InChI=1S/C36H56O6/c1-2-3-4-5-6-7-8-9-10-11-12-13-14-15-16-19-25-41-32-27-31(36(39)40)28-33(29-32)42-26-20-17-18-22-30-23-21-24-34(37)35(30)38/h21,23-24,27-29,37-38H,2-20,22,25-26H2,1H3,(H,39,40). The van der Waals surface area contributed by atoms with Gasteiger partial charge < -0.3 is 24.8 Å². The summed E-state index contributed by atoms with van der Waals surface area (Å²) in [6.07, 6.45) is 24.4. The van der Waals surface area contributed by atoms with Crippen LogP contribution in [0.3, 0.4) is 0 Å². The first-order valence-corrected chi connectivity index (χ1v) is 16.6. The minimum Gasteiger partial charge on any atom is -0.504 e. The Morgan fingerprint density at radius 2 is 1.07 bits per heavy atom. The fourth-order valence-electron chi connectivity index (χ4n) is 5.27. The number of unbranched alkanes of at least 4 members (excludes halogenated alkanes) is 17. The maximum Gasteiger partial charge on any atom is 0.335 e. The van der Waals surface area contributed by atoms with Crippen LogP contribution in [0.15, 0.2) is 36.4 Å². The zero-order valence-corrected chi connectivity index (χ0v) is 26.1. The average molecular weight is 585 g/mol. The Hall–Kier alpha value is -2.89. The van der Waals surface area contributed by atoms with Crippen LogP contribution in [0.2, 0.25) is 0 Å². The van der Waals surface area contributed by atoms with Gasteiger partial charge in [-0.1, -0.05) is 115 Å². The van der Waals surface area contributed by atoms with Crippen LogP contribution in [0.4, 0.5) is 0 Å². The van der Waals surface area contributed by atoms with Gasteiger partial charge in [0.15, 0.2) is 11.5 Å². The van der Waals surface area contributed by atoms with E-state index >= 15 is 0 Å². The van der Waals surface area contributed by atoms with Crippen molar-refractivity contribution in [1.82, 2.24) is 0 Å². The lowest BCUT2D eigenvalue weighted by molar-refractivity contribution is 0.0695. The molecular formula is C36H56O6. The second kappa shape index (κ2) is 22.7. The molecule has 6 nitrogen and oxygen atoms in total. The number of rotatable bonds is 26. The van der Waals surface area contributed by atoms with Crippen LogP contribution in [-0.4, -0.2) is 34.5 Å². The van der Waals surface area contributed by atoms with E-state index in [0.29, 0.717) is 31.1 Å². The second-order valence-corrected chi connectivity index (χ2v) is 11.6. The molecule has 0 saturated heterocycles. The molecule has 2 aromatic rings. The summed E-state index contributed by atoms with van der Waals surface area (Å²) in [5, 5.41) is 29.0. The highest BCUT2D eigenvalue weighted by molar-refractivity contribution is 5.88. The fourth-order valence-corrected chi connectivity index (χ4v) is 5.27. The van der Waals surface area contributed by atoms with E-state index in [0.717, 1.165) is 37.7 Å². The molecule has 0 heterocycles. The molecule has 0 aliphatic heterocycles. The average Bonchev–Trinajstić information content (AvgIpc) is 2.98. The molecular weight excluding hydrogens is 528 g/mol. The van der Waals surface area contributed by atoms with Gasteiger partial charge in [-0.25, -0.2) is 4.79 Å². The van der Waals surface area contributed by atoms with Gasteiger partial charge in [-0.3, -0.25) is 0 Å². The van der Waals surface area contributed by atoms with Gasteiger partial charge in [0, 0.05) is 6.07 Å². The molecule has 0 bridgehead atoms. The summed E-state index contributed by atoms with van der Waals surface area (Å²) in [5.74, 6) is -0.111. The molecule has 0 spiro atoms. The lowest BCUT2D eigenvalue weighted by Crippen LogP contribution is -2.04. The Kier molecular flexibility index (Phi) is 19.1. The highest BCUT2D eigenvalue weighted by Gasteiger charge is 2.10. The number of carboxylic acids is 1. The lowest BCUT2D eigenvalue weighted by atomic mass is 10.0. The van der Waals surface area contributed by atoms with Gasteiger partial charge in [0.1, 0.15) is 11.5 Å². The molecule has 0 amide bonds. The molecule has 2 rings (SSSR count). The molecule has 6 heteroatoms. The van der Waals surface area contributed by atoms with E-state index in [4.69, 9.17) is 9.47 Å². The molecule has 0 unspecified atom stereocenters. The quantitative estimate of drug-likeness (QED) is 0.0752. The van der Waals surface area contributed by atoms with Crippen LogP contribution in [0.5, 0.6) is 23.0 Å². The zero-order chi connectivity index (χ0) is 30.3. The Morgan fingerprint density at radius 1 is 0.619 bits per heavy atom. The number of carbonyl (C=O) groups is 1. The van der Waals surface area contributed by atoms with Crippen molar-refractivity contribution in [2.75, 3.05) is 13.2 Å². The van der Waals surface area contributed by atoms with Crippen molar-refractivity contribution >= 4 is 5.97 Å². The number of phenols is 2. The van der Waals surface area contributed by atoms with Gasteiger partial charge in [0.05, 0.1) is 18.8 Å². The highest BCUT2D eigenvalue weighted by Crippen LogP contribution is 2.29. The van der Waals surface area contributed by atoms with Gasteiger partial charge in [-0.2, -0.15) is 0 Å². The summed E-state index contributed by atoms with van der Waals surface area (Å²) >= 11 is 0. The van der Waals surface area contributed by atoms with Crippen LogP contribution in [-0.2, 0) is 6.42 Å². The van der Waals surface area contributed by atoms with Crippen molar-refractivity contribution in [3.8, 4) is 23.0 Å². The lowest BCUT2D eigenvalue weighted by Gasteiger charge is -2.11. The van der Waals surface area contributed by atoms with Gasteiger partial charge in [-0.15, -0.1) is 0 Å². The summed E-state index contributed by atoms with van der Waals surface area (Å²) in [5.41, 5.74) is 0.894. The molecule has 0 radical (unpaired) electrons. The number of hydrogen-bond acceptors (Lipinski definition) is 5. The van der Waals surface area contributed by atoms with E-state index in [2.05, 4.69) is 6.92 Å². The van der Waals surface area contributed by atoms with Crippen molar-refractivity contribution < 1.29 is 29.6 Å². The molecule has 0 atom stereocenters. The topological polar surface area (TPSA) is 96.2 Å². The summed E-state index contributed by atoms with van der Waals surface area (Å²) in [7, 11) is 0. The predicted molar refractivity (Wildman–Crippen MR) is 171 cm³/mol. The molecule has 0 aliphatic carbocycles. The number of hydrogen-bond donors (Lipinski definition) is 3. The fraction of sp³-hybridized carbons (Fsp3) is 0.639. The third-order valence-corrected chi connectivity index (χ3v) is 7.85. The molecule has 0 saturated carbocycles. The van der Waals surface area contributed by atoms with E-state index < -0.39 is 5.97 Å². The van der Waals surface area contributed by atoms with E-state index in [1.54, 1.807) is 18.2 Å². The number of aryl methyl sites for hydroxylation is 1. The first-order chi connectivity index (χ1) is 20.5. The molecule has 0 aliphatic rings. The van der Waals surface area contributed by atoms with Gasteiger partial charge in [-0.05, 0) is 55.9 Å². The number of aromatic carboxylic acids is 1. The molecule has 2 aromatic carbocycles. The van der Waals surface area contributed by atoms with E-state index in [-0.39, 0.29) is 17.1 Å². The first-order valence-electron chi connectivity index (χ1n) is 16.6. The Bertz CT molecular complexity index is 989. The molecule has 3 N–H and O–H groups in total. The predicted octanol–water partition coefficient (Wildman–Crippen LogP) is 10.2. The number of phenolic OH excluding ortho intramolecular Hbond substituents is 2. The summed E-state index contributed by atoms with van der Waals surface area (Å²) < 4.78 is 11.7. The van der Waals surface area contributed by atoms with Crippen LogP contribution in [0.1, 0.15) is 145 Å². The SMILES string of the molecule is CCCCCCCCCCCCCCCCCCOc1cc(OCCCCCc2cccc(O)c2O)cc(C(=O)O)c1. The smallest absolute Gasteiger partial charge is 0.335 e. The van der Waals surface area contributed by atoms with Crippen LogP contribution >= 0.6 is 0 Å². The van der Waals surface area contributed by atoms with Crippen LogP contribution in [0, 0.1) is 0 Å². The van der Waals surface area contributed by atoms with Crippen molar-refractivity contribution in [3.05, 3.63) is 47.5 Å². The van der Waals surface area contributed by atoms with Crippen molar-refractivity contribution in [3.63, 3.8) is 0 Å². The maximum atomic E-state index is 11.6. The van der Waals surface area contributed by atoms with E-state index in [1.807, 2.05) is 6.07 Å². The number of aromatic hydroxyl groups is 2. The molecule has 42 heavy (non-hydrogen) atoms. The Balaban J connectivity index is 1.52. The van der Waals surface area contributed by atoms with E-state index in [9.17, 15) is 20.1 Å². The molecule has 0 aromatic heterocycles. The zero-order valence-electron chi connectivity index (χ0n) is 26.1. The van der Waals surface area contributed by atoms with Gasteiger partial charge in [0.2, 0.25) is 0 Å². The van der Waals surface area contributed by atoms with Gasteiger partial charge >= 0.3 is 5.97 Å². The number of carboxylic acid groups (broad SMARTS) is 1. The number of para-hydroxylation sites is 1. The highest BCUT2D eigenvalue weighted by atomic mass is 16.5. The Labute approximate surface area is 254 Å². The van der Waals surface area contributed by atoms with E-state index in [1.165, 1.54) is 102 Å². The Morgan fingerprint density at radius 3 is 1.55 bits per heavy atom. The minimum absolute atomic E-state index is 0.0497. The number of ether oxygens (including phenoxy) is 2. The largest absolute Gasteiger partial charge is 0.504 e. The second-order valence-electron chi connectivity index (χ2n) is 11.6. The number of benzene rings is 2. The van der Waals surface area contributed by atoms with Crippen LogP contribution in [0.25, 0.3) is 0 Å². The normalized spacial score (nSPS) is 11.1. The van der Waals surface area contributed by atoms with Gasteiger partial charge in [0.25, 0.3) is 0 Å². The third kappa shape index (κ3) is 15.9.